The average Bonchev–Trinajstić information content (AvgIpc) is 2.31. The molecule has 1 nitrogen and oxygen atoms in total. The van der Waals surface area contributed by atoms with Crippen molar-refractivity contribution >= 4 is 0 Å². The van der Waals surface area contributed by atoms with E-state index < -0.39 is 0 Å². The first kappa shape index (κ1) is 11.7. The summed E-state index contributed by atoms with van der Waals surface area (Å²) in [6.07, 6.45) is 6.54. The van der Waals surface area contributed by atoms with Crippen molar-refractivity contribution in [3.63, 3.8) is 0 Å². The number of hydrogen-bond acceptors (Lipinski definition) is 1. The predicted molar refractivity (Wildman–Crippen MR) is 69.3 cm³/mol. The van der Waals surface area contributed by atoms with Crippen LogP contribution in [0, 0.1) is 11.3 Å². The summed E-state index contributed by atoms with van der Waals surface area (Å²) in [5, 5.41) is 0. The molecule has 0 aromatic heterocycles. The van der Waals surface area contributed by atoms with E-state index in [1.807, 2.05) is 0 Å². The summed E-state index contributed by atoms with van der Waals surface area (Å²) in [6.45, 7) is 3.31. The second-order valence-corrected chi connectivity index (χ2v) is 5.65. The van der Waals surface area contributed by atoms with Gasteiger partial charge in [-0.05, 0) is 55.5 Å². The zero-order valence-electron chi connectivity index (χ0n) is 10.3. The van der Waals surface area contributed by atoms with Gasteiger partial charge < -0.3 is 5.73 Å². The Balaban J connectivity index is 1.95. The molecule has 1 saturated carbocycles. The minimum Gasteiger partial charge on any atom is -0.330 e. The van der Waals surface area contributed by atoms with Crippen molar-refractivity contribution in [3.8, 4) is 0 Å². The molecule has 1 fully saturated rings. The van der Waals surface area contributed by atoms with Crippen LogP contribution in [0.1, 0.15) is 38.2 Å². The lowest BCUT2D eigenvalue weighted by atomic mass is 9.69. The number of hydrogen-bond donors (Lipinski definition) is 1. The van der Waals surface area contributed by atoms with Crippen LogP contribution in [0.3, 0.4) is 0 Å². The van der Waals surface area contributed by atoms with Crippen LogP contribution in [-0.2, 0) is 6.42 Å². The van der Waals surface area contributed by atoms with E-state index in [2.05, 4.69) is 37.3 Å². The third kappa shape index (κ3) is 2.85. The van der Waals surface area contributed by atoms with Gasteiger partial charge in [-0.25, -0.2) is 0 Å². The Morgan fingerprint density at radius 3 is 2.38 bits per heavy atom. The highest BCUT2D eigenvalue weighted by molar-refractivity contribution is 5.16. The zero-order valence-corrected chi connectivity index (χ0v) is 10.3. The quantitative estimate of drug-likeness (QED) is 0.825. The lowest BCUT2D eigenvalue weighted by molar-refractivity contribution is 0.172. The topological polar surface area (TPSA) is 26.0 Å². The molecule has 1 aliphatic rings. The van der Waals surface area contributed by atoms with Gasteiger partial charge in [-0.3, -0.25) is 0 Å². The van der Waals surface area contributed by atoms with Gasteiger partial charge in [0, 0.05) is 0 Å². The van der Waals surface area contributed by atoms with Gasteiger partial charge in [0.1, 0.15) is 0 Å². The number of benzene rings is 1. The molecule has 16 heavy (non-hydrogen) atoms. The highest BCUT2D eigenvalue weighted by Crippen LogP contribution is 2.40. The van der Waals surface area contributed by atoms with Crippen LogP contribution < -0.4 is 5.73 Å². The molecule has 2 N–H and O–H groups in total. The summed E-state index contributed by atoms with van der Waals surface area (Å²) in [5.41, 5.74) is 7.73. The van der Waals surface area contributed by atoms with E-state index in [4.69, 9.17) is 5.73 Å². The Hall–Kier alpha value is -0.820. The van der Waals surface area contributed by atoms with Gasteiger partial charge in [0.15, 0.2) is 0 Å². The van der Waals surface area contributed by atoms with Crippen LogP contribution in [0.15, 0.2) is 30.3 Å². The van der Waals surface area contributed by atoms with Gasteiger partial charge in [0.05, 0.1) is 0 Å². The predicted octanol–water partition coefficient (Wildman–Crippen LogP) is 3.38. The second-order valence-electron chi connectivity index (χ2n) is 5.65. The van der Waals surface area contributed by atoms with E-state index in [0.29, 0.717) is 5.41 Å². The maximum absolute atomic E-state index is 5.74. The van der Waals surface area contributed by atoms with Crippen LogP contribution in [0.2, 0.25) is 0 Å². The molecule has 0 spiro atoms. The molecule has 0 saturated heterocycles. The van der Waals surface area contributed by atoms with E-state index in [1.54, 1.807) is 0 Å². The first-order valence-electron chi connectivity index (χ1n) is 6.46. The van der Waals surface area contributed by atoms with Crippen molar-refractivity contribution < 1.29 is 0 Å². The molecule has 0 radical (unpaired) electrons. The molecule has 0 atom stereocenters. The second kappa shape index (κ2) is 5.01. The molecule has 1 aliphatic carbocycles. The SMILES string of the molecule is CC1(Cc2ccccc2)CCC(CN)CC1. The number of nitrogens with two attached hydrogens (primary N) is 1. The maximum Gasteiger partial charge on any atom is -0.00489 e. The van der Waals surface area contributed by atoms with Gasteiger partial charge in [-0.2, -0.15) is 0 Å². The molecule has 0 aliphatic heterocycles. The van der Waals surface area contributed by atoms with Crippen molar-refractivity contribution in [2.45, 2.75) is 39.0 Å². The van der Waals surface area contributed by atoms with Crippen molar-refractivity contribution in [3.05, 3.63) is 35.9 Å². The molecular weight excluding hydrogens is 194 g/mol. The molecule has 1 heteroatoms. The highest BCUT2D eigenvalue weighted by Gasteiger charge is 2.30. The molecule has 1 aromatic rings. The third-order valence-electron chi connectivity index (χ3n) is 4.12. The Bertz CT molecular complexity index is 309. The first-order valence-corrected chi connectivity index (χ1v) is 6.46. The first-order chi connectivity index (χ1) is 7.72. The van der Waals surface area contributed by atoms with E-state index in [0.717, 1.165) is 12.5 Å². The van der Waals surface area contributed by atoms with Crippen molar-refractivity contribution in [1.82, 2.24) is 0 Å². The molecule has 0 bridgehead atoms. The lowest BCUT2D eigenvalue weighted by Crippen LogP contribution is -2.29. The smallest absolute Gasteiger partial charge is 0.00489 e. The molecule has 2 rings (SSSR count). The standard InChI is InChI=1S/C15H23N/c1-15(9-7-14(12-16)8-10-15)11-13-5-3-2-4-6-13/h2-6,14H,7-12,16H2,1H3. The minimum atomic E-state index is 0.507. The Kier molecular flexibility index (Phi) is 3.65. The van der Waals surface area contributed by atoms with E-state index in [-0.39, 0.29) is 0 Å². The summed E-state index contributed by atoms with van der Waals surface area (Å²) >= 11 is 0. The van der Waals surface area contributed by atoms with Crippen LogP contribution >= 0.6 is 0 Å². The van der Waals surface area contributed by atoms with Crippen LogP contribution in [0.4, 0.5) is 0 Å². The molecule has 0 amide bonds. The van der Waals surface area contributed by atoms with Crippen molar-refractivity contribution in [2.75, 3.05) is 6.54 Å². The Morgan fingerprint density at radius 2 is 1.81 bits per heavy atom. The molecular formula is C15H23N. The third-order valence-corrected chi connectivity index (χ3v) is 4.12. The highest BCUT2D eigenvalue weighted by atomic mass is 14.6. The van der Waals surface area contributed by atoms with Gasteiger partial charge >= 0.3 is 0 Å². The fraction of sp³-hybridized carbons (Fsp3) is 0.600. The summed E-state index contributed by atoms with van der Waals surface area (Å²) < 4.78 is 0. The monoisotopic (exact) mass is 217 g/mol. The van der Waals surface area contributed by atoms with E-state index in [1.165, 1.54) is 37.7 Å². The fourth-order valence-electron chi connectivity index (χ4n) is 2.88. The lowest BCUT2D eigenvalue weighted by Gasteiger charge is -2.37. The van der Waals surface area contributed by atoms with Gasteiger partial charge in [0.25, 0.3) is 0 Å². The summed E-state index contributed by atoms with van der Waals surface area (Å²) in [7, 11) is 0. The van der Waals surface area contributed by atoms with Gasteiger partial charge in [0.2, 0.25) is 0 Å². The van der Waals surface area contributed by atoms with Crippen molar-refractivity contribution in [1.29, 1.82) is 0 Å². The average molecular weight is 217 g/mol. The Labute approximate surface area is 99.0 Å². The summed E-state index contributed by atoms with van der Waals surface area (Å²) in [5.74, 6) is 0.781. The van der Waals surface area contributed by atoms with Crippen LogP contribution in [-0.4, -0.2) is 6.54 Å². The normalized spacial score (nSPS) is 30.2. The van der Waals surface area contributed by atoms with E-state index in [9.17, 15) is 0 Å². The summed E-state index contributed by atoms with van der Waals surface area (Å²) in [6, 6.07) is 10.9. The van der Waals surface area contributed by atoms with Gasteiger partial charge in [-0.1, -0.05) is 37.3 Å². The minimum absolute atomic E-state index is 0.507. The van der Waals surface area contributed by atoms with Crippen LogP contribution in [0.25, 0.3) is 0 Å². The zero-order chi connectivity index (χ0) is 11.4. The molecule has 88 valence electrons. The molecule has 0 unspecified atom stereocenters. The maximum atomic E-state index is 5.74. The van der Waals surface area contributed by atoms with Gasteiger partial charge in [-0.15, -0.1) is 0 Å². The molecule has 0 heterocycles. The largest absolute Gasteiger partial charge is 0.330 e. The van der Waals surface area contributed by atoms with Crippen molar-refractivity contribution in [2.24, 2.45) is 17.1 Å². The molecule has 1 aromatic carbocycles. The Morgan fingerprint density at radius 1 is 1.19 bits per heavy atom. The van der Waals surface area contributed by atoms with Crippen LogP contribution in [0.5, 0.6) is 0 Å². The fourth-order valence-corrected chi connectivity index (χ4v) is 2.88. The summed E-state index contributed by atoms with van der Waals surface area (Å²) in [4.78, 5) is 0. The van der Waals surface area contributed by atoms with E-state index >= 15 is 0 Å². The number of rotatable bonds is 3.